The minimum absolute atomic E-state index is 0.0879. The summed E-state index contributed by atoms with van der Waals surface area (Å²) in [6, 6.07) is 0. The Morgan fingerprint density at radius 2 is 2.42 bits per heavy atom. The van der Waals surface area contributed by atoms with E-state index in [9.17, 15) is 4.79 Å². The number of carbonyl (C=O) groups is 1. The van der Waals surface area contributed by atoms with E-state index in [0.29, 0.717) is 5.92 Å². The van der Waals surface area contributed by atoms with E-state index in [1.54, 1.807) is 6.92 Å². The highest BCUT2D eigenvalue weighted by atomic mass is 16.1. The quantitative estimate of drug-likeness (QED) is 0.667. The van der Waals surface area contributed by atoms with Gasteiger partial charge in [-0.3, -0.25) is 4.79 Å². The lowest BCUT2D eigenvalue weighted by molar-refractivity contribution is -0.119. The van der Waals surface area contributed by atoms with Crippen LogP contribution in [0, 0.1) is 5.92 Å². The summed E-state index contributed by atoms with van der Waals surface area (Å²) >= 11 is 0. The molecule has 0 spiro atoms. The van der Waals surface area contributed by atoms with Crippen LogP contribution in [0.2, 0.25) is 0 Å². The van der Waals surface area contributed by atoms with Crippen LogP contribution in [0.4, 0.5) is 0 Å². The predicted molar refractivity (Wildman–Crippen MR) is 48.9 cm³/mol. The van der Waals surface area contributed by atoms with Gasteiger partial charge in [0.1, 0.15) is 0 Å². The molecule has 1 amide bonds. The van der Waals surface area contributed by atoms with Crippen LogP contribution in [-0.2, 0) is 4.79 Å². The van der Waals surface area contributed by atoms with Crippen molar-refractivity contribution in [2.24, 2.45) is 5.92 Å². The maximum atomic E-state index is 10.6. The Morgan fingerprint density at radius 3 is 2.92 bits per heavy atom. The van der Waals surface area contributed by atoms with Crippen LogP contribution in [0.1, 0.15) is 20.3 Å². The molecule has 1 atom stereocenters. The molecule has 0 aromatic carbocycles. The van der Waals surface area contributed by atoms with Gasteiger partial charge in [-0.1, -0.05) is 6.92 Å². The highest BCUT2D eigenvalue weighted by Crippen LogP contribution is 2.14. The van der Waals surface area contributed by atoms with Crippen molar-refractivity contribution in [3.8, 4) is 0 Å². The molecule has 0 aliphatic carbocycles. The summed E-state index contributed by atoms with van der Waals surface area (Å²) in [7, 11) is 0. The Hall–Kier alpha value is -0.570. The average molecular weight is 170 g/mol. The first-order chi connectivity index (χ1) is 5.72. The van der Waals surface area contributed by atoms with Crippen LogP contribution in [0.15, 0.2) is 0 Å². The smallest absolute Gasteiger partial charge is 0.216 e. The van der Waals surface area contributed by atoms with E-state index in [-0.39, 0.29) is 5.91 Å². The summed E-state index contributed by atoms with van der Waals surface area (Å²) < 4.78 is 0. The first-order valence-corrected chi connectivity index (χ1v) is 4.69. The summed E-state index contributed by atoms with van der Waals surface area (Å²) in [6.07, 6.45) is 1.23. The molecule has 0 bridgehead atoms. The fourth-order valence-corrected chi connectivity index (χ4v) is 1.65. The van der Waals surface area contributed by atoms with Gasteiger partial charge in [-0.15, -0.1) is 0 Å². The third kappa shape index (κ3) is 2.81. The van der Waals surface area contributed by atoms with E-state index >= 15 is 0 Å². The molecular formula is C9H18N2O. The minimum atomic E-state index is 0.0879. The molecular weight excluding hydrogens is 152 g/mol. The SMILES string of the molecule is CCN1CC[C@@H](CNC(C)=O)C1. The minimum Gasteiger partial charge on any atom is -0.356 e. The van der Waals surface area contributed by atoms with Crippen molar-refractivity contribution in [3.05, 3.63) is 0 Å². The molecule has 1 heterocycles. The second-order valence-corrected chi connectivity index (χ2v) is 3.49. The Morgan fingerprint density at radius 1 is 1.67 bits per heavy atom. The molecule has 0 unspecified atom stereocenters. The topological polar surface area (TPSA) is 32.3 Å². The lowest BCUT2D eigenvalue weighted by Crippen LogP contribution is -2.29. The van der Waals surface area contributed by atoms with Crippen molar-refractivity contribution in [3.63, 3.8) is 0 Å². The molecule has 1 N–H and O–H groups in total. The van der Waals surface area contributed by atoms with Crippen LogP contribution >= 0.6 is 0 Å². The van der Waals surface area contributed by atoms with Gasteiger partial charge in [0, 0.05) is 20.0 Å². The maximum absolute atomic E-state index is 10.6. The molecule has 1 aliphatic heterocycles. The molecule has 0 aromatic heterocycles. The van der Waals surface area contributed by atoms with Gasteiger partial charge in [-0.2, -0.15) is 0 Å². The van der Waals surface area contributed by atoms with E-state index in [4.69, 9.17) is 0 Å². The molecule has 1 saturated heterocycles. The van der Waals surface area contributed by atoms with Crippen LogP contribution in [0.25, 0.3) is 0 Å². The van der Waals surface area contributed by atoms with Gasteiger partial charge in [0.15, 0.2) is 0 Å². The number of amides is 1. The van der Waals surface area contributed by atoms with Crippen molar-refractivity contribution < 1.29 is 4.79 Å². The number of carbonyl (C=O) groups excluding carboxylic acids is 1. The Bertz CT molecular complexity index is 159. The summed E-state index contributed by atoms with van der Waals surface area (Å²) in [4.78, 5) is 13.0. The zero-order valence-corrected chi connectivity index (χ0v) is 7.97. The molecule has 0 radical (unpaired) electrons. The molecule has 1 rings (SSSR count). The monoisotopic (exact) mass is 170 g/mol. The average Bonchev–Trinajstić information content (AvgIpc) is 2.48. The van der Waals surface area contributed by atoms with Crippen molar-refractivity contribution >= 4 is 5.91 Å². The normalized spacial score (nSPS) is 24.3. The van der Waals surface area contributed by atoms with Gasteiger partial charge in [-0.05, 0) is 25.4 Å². The Kier molecular flexibility index (Phi) is 3.53. The largest absolute Gasteiger partial charge is 0.356 e. The fraction of sp³-hybridized carbons (Fsp3) is 0.889. The second-order valence-electron chi connectivity index (χ2n) is 3.49. The first-order valence-electron chi connectivity index (χ1n) is 4.69. The van der Waals surface area contributed by atoms with Crippen molar-refractivity contribution in [1.29, 1.82) is 0 Å². The van der Waals surface area contributed by atoms with Crippen molar-refractivity contribution in [1.82, 2.24) is 10.2 Å². The van der Waals surface area contributed by atoms with E-state index in [1.807, 2.05) is 0 Å². The van der Waals surface area contributed by atoms with E-state index in [0.717, 1.165) is 19.6 Å². The number of rotatable bonds is 3. The lowest BCUT2D eigenvalue weighted by Gasteiger charge is -2.12. The van der Waals surface area contributed by atoms with Crippen LogP contribution in [0.5, 0.6) is 0 Å². The molecule has 1 fully saturated rings. The molecule has 3 heteroatoms. The molecule has 3 nitrogen and oxygen atoms in total. The van der Waals surface area contributed by atoms with Gasteiger partial charge >= 0.3 is 0 Å². The third-order valence-corrected chi connectivity index (χ3v) is 2.46. The summed E-state index contributed by atoms with van der Waals surface area (Å²) in [6.45, 7) is 8.09. The Balaban J connectivity index is 2.15. The molecule has 0 saturated carbocycles. The summed E-state index contributed by atoms with van der Waals surface area (Å²) in [5.41, 5.74) is 0. The third-order valence-electron chi connectivity index (χ3n) is 2.46. The number of likely N-dealkylation sites (tertiary alicyclic amines) is 1. The van der Waals surface area contributed by atoms with E-state index in [1.165, 1.54) is 13.0 Å². The predicted octanol–water partition coefficient (Wildman–Crippen LogP) is 0.464. The first kappa shape index (κ1) is 9.52. The molecule has 70 valence electrons. The van der Waals surface area contributed by atoms with Gasteiger partial charge in [0.25, 0.3) is 0 Å². The van der Waals surface area contributed by atoms with Crippen molar-refractivity contribution in [2.45, 2.75) is 20.3 Å². The highest BCUT2D eigenvalue weighted by molar-refractivity contribution is 5.72. The maximum Gasteiger partial charge on any atom is 0.216 e. The summed E-state index contributed by atoms with van der Waals surface area (Å²) in [5, 5.41) is 2.87. The van der Waals surface area contributed by atoms with Crippen molar-refractivity contribution in [2.75, 3.05) is 26.2 Å². The van der Waals surface area contributed by atoms with E-state index < -0.39 is 0 Å². The van der Waals surface area contributed by atoms with E-state index in [2.05, 4.69) is 17.1 Å². The van der Waals surface area contributed by atoms with Gasteiger partial charge in [0.2, 0.25) is 5.91 Å². The highest BCUT2D eigenvalue weighted by Gasteiger charge is 2.20. The fourth-order valence-electron chi connectivity index (χ4n) is 1.65. The Labute approximate surface area is 74.1 Å². The zero-order chi connectivity index (χ0) is 8.97. The number of hydrogen-bond acceptors (Lipinski definition) is 2. The lowest BCUT2D eigenvalue weighted by atomic mass is 10.1. The molecule has 1 aliphatic rings. The van der Waals surface area contributed by atoms with Crippen LogP contribution < -0.4 is 5.32 Å². The standard InChI is InChI=1S/C9H18N2O/c1-3-11-5-4-9(7-11)6-10-8(2)12/h9H,3-7H2,1-2H3,(H,10,12)/t9-/m0/s1. The molecule has 0 aromatic rings. The number of hydrogen-bond donors (Lipinski definition) is 1. The van der Waals surface area contributed by atoms with Crippen LogP contribution in [-0.4, -0.2) is 37.0 Å². The number of nitrogens with zero attached hydrogens (tertiary/aromatic N) is 1. The summed E-state index contributed by atoms with van der Waals surface area (Å²) in [5.74, 6) is 0.763. The number of nitrogens with one attached hydrogen (secondary N) is 1. The second kappa shape index (κ2) is 4.45. The zero-order valence-electron chi connectivity index (χ0n) is 7.97. The van der Waals surface area contributed by atoms with Crippen LogP contribution in [0.3, 0.4) is 0 Å². The molecule has 12 heavy (non-hydrogen) atoms. The van der Waals surface area contributed by atoms with Gasteiger partial charge in [-0.25, -0.2) is 0 Å². The van der Waals surface area contributed by atoms with Gasteiger partial charge < -0.3 is 10.2 Å². The van der Waals surface area contributed by atoms with Gasteiger partial charge in [0.05, 0.1) is 0 Å².